The smallest absolute Gasteiger partial charge is 0.237 e. The molecule has 1 atom stereocenters. The lowest BCUT2D eigenvalue weighted by Gasteiger charge is -2.25. The summed E-state index contributed by atoms with van der Waals surface area (Å²) in [5.41, 5.74) is 6.61. The highest BCUT2D eigenvalue weighted by molar-refractivity contribution is 5.85. The first kappa shape index (κ1) is 21.4. The van der Waals surface area contributed by atoms with E-state index < -0.39 is 6.04 Å². The van der Waals surface area contributed by atoms with Crippen molar-refractivity contribution in [1.82, 2.24) is 20.1 Å². The van der Waals surface area contributed by atoms with Crippen molar-refractivity contribution in [3.8, 4) is 5.82 Å². The molecule has 23 heavy (non-hydrogen) atoms. The first-order valence-corrected chi connectivity index (χ1v) is 6.86. The Balaban J connectivity index is 0.00000242. The Morgan fingerprint density at radius 2 is 2.04 bits per heavy atom. The minimum Gasteiger partial charge on any atom is -0.351 e. The van der Waals surface area contributed by atoms with E-state index in [1.165, 1.54) is 0 Å². The van der Waals surface area contributed by atoms with Crippen molar-refractivity contribution < 1.29 is 4.79 Å². The van der Waals surface area contributed by atoms with E-state index in [0.29, 0.717) is 12.4 Å². The molecular weight excluding hydrogens is 337 g/mol. The number of halogens is 2. The van der Waals surface area contributed by atoms with E-state index in [1.807, 2.05) is 45.2 Å². The number of nitrogens with one attached hydrogen (secondary N) is 1. The molecule has 0 aliphatic heterocycles. The molecule has 8 heteroatoms. The van der Waals surface area contributed by atoms with E-state index in [4.69, 9.17) is 5.73 Å². The van der Waals surface area contributed by atoms with Crippen LogP contribution in [0.4, 0.5) is 0 Å². The summed E-state index contributed by atoms with van der Waals surface area (Å²) in [6, 6.07) is 5.04. The fraction of sp³-hybridized carbons (Fsp3) is 0.400. The highest BCUT2D eigenvalue weighted by Crippen LogP contribution is 2.17. The molecule has 0 saturated carbocycles. The second-order valence-electron chi connectivity index (χ2n) is 6.03. The molecule has 6 nitrogen and oxygen atoms in total. The number of pyridine rings is 1. The van der Waals surface area contributed by atoms with Gasteiger partial charge in [-0.1, -0.05) is 20.8 Å². The van der Waals surface area contributed by atoms with Gasteiger partial charge in [0.05, 0.1) is 6.04 Å². The van der Waals surface area contributed by atoms with Crippen LogP contribution in [0.15, 0.2) is 36.8 Å². The fourth-order valence-electron chi connectivity index (χ4n) is 1.79. The second kappa shape index (κ2) is 8.86. The Morgan fingerprint density at radius 1 is 1.35 bits per heavy atom. The average Bonchev–Trinajstić information content (AvgIpc) is 2.97. The third-order valence-corrected chi connectivity index (χ3v) is 3.23. The van der Waals surface area contributed by atoms with Gasteiger partial charge >= 0.3 is 0 Å². The zero-order valence-electron chi connectivity index (χ0n) is 13.4. The van der Waals surface area contributed by atoms with E-state index in [-0.39, 0.29) is 36.1 Å². The molecule has 128 valence electrons. The SMILES string of the molecule is CC(C)(C)[C@H](N)C(=O)NCc1ccnc(-n2cccn2)c1.Cl.Cl. The standard InChI is InChI=1S/C15H21N5O.2ClH/c1-15(2,3)13(16)14(21)18-10-11-5-7-17-12(9-11)20-8-4-6-19-20;;/h4-9,13H,10,16H2,1-3H3,(H,18,21);2*1H/t13-;;/m1../s1. The Labute approximate surface area is 148 Å². The van der Waals surface area contributed by atoms with Crippen molar-refractivity contribution >= 4 is 30.7 Å². The van der Waals surface area contributed by atoms with Crippen LogP contribution in [0.5, 0.6) is 0 Å². The van der Waals surface area contributed by atoms with Gasteiger partial charge in [0.15, 0.2) is 5.82 Å². The summed E-state index contributed by atoms with van der Waals surface area (Å²) in [5.74, 6) is 0.562. The van der Waals surface area contributed by atoms with E-state index in [0.717, 1.165) is 5.56 Å². The van der Waals surface area contributed by atoms with Crippen molar-refractivity contribution in [3.63, 3.8) is 0 Å². The molecule has 0 aromatic carbocycles. The first-order valence-electron chi connectivity index (χ1n) is 6.86. The summed E-state index contributed by atoms with van der Waals surface area (Å²) in [4.78, 5) is 16.3. The molecule has 2 heterocycles. The van der Waals surface area contributed by atoms with Crippen LogP contribution in [0.25, 0.3) is 5.82 Å². The third-order valence-electron chi connectivity index (χ3n) is 3.23. The summed E-state index contributed by atoms with van der Waals surface area (Å²) in [7, 11) is 0. The number of carbonyl (C=O) groups is 1. The number of amides is 1. The van der Waals surface area contributed by atoms with Gasteiger partial charge in [-0.3, -0.25) is 4.79 Å². The van der Waals surface area contributed by atoms with Gasteiger partial charge in [0.25, 0.3) is 0 Å². The summed E-state index contributed by atoms with van der Waals surface area (Å²) >= 11 is 0. The molecule has 0 aliphatic rings. The van der Waals surface area contributed by atoms with Crippen LogP contribution >= 0.6 is 24.8 Å². The second-order valence-corrected chi connectivity index (χ2v) is 6.03. The zero-order chi connectivity index (χ0) is 15.5. The Bertz CT molecular complexity index is 611. The van der Waals surface area contributed by atoms with Crippen LogP contribution in [-0.2, 0) is 11.3 Å². The lowest BCUT2D eigenvalue weighted by Crippen LogP contribution is -2.48. The van der Waals surface area contributed by atoms with Crippen molar-refractivity contribution in [2.75, 3.05) is 0 Å². The molecule has 0 fully saturated rings. The average molecular weight is 360 g/mol. The van der Waals surface area contributed by atoms with Gasteiger partial charge in [-0.2, -0.15) is 5.10 Å². The van der Waals surface area contributed by atoms with Crippen molar-refractivity contribution in [2.24, 2.45) is 11.1 Å². The maximum Gasteiger partial charge on any atom is 0.237 e. The van der Waals surface area contributed by atoms with Gasteiger partial charge in [0.1, 0.15) is 0 Å². The van der Waals surface area contributed by atoms with Gasteiger partial charge in [0, 0.05) is 25.1 Å². The van der Waals surface area contributed by atoms with E-state index >= 15 is 0 Å². The van der Waals surface area contributed by atoms with Gasteiger partial charge in [-0.25, -0.2) is 9.67 Å². The van der Waals surface area contributed by atoms with E-state index in [9.17, 15) is 4.79 Å². The molecule has 1 amide bonds. The molecule has 2 rings (SSSR count). The van der Waals surface area contributed by atoms with Crippen molar-refractivity contribution in [1.29, 1.82) is 0 Å². The summed E-state index contributed by atoms with van der Waals surface area (Å²) in [5, 5.41) is 6.99. The molecule has 0 unspecified atom stereocenters. The minimum absolute atomic E-state index is 0. The predicted octanol–water partition coefficient (Wildman–Crippen LogP) is 2.10. The molecule has 0 spiro atoms. The molecule has 0 saturated heterocycles. The number of hydrogen-bond donors (Lipinski definition) is 2. The molecule has 0 bridgehead atoms. The van der Waals surface area contributed by atoms with Crippen LogP contribution in [0.2, 0.25) is 0 Å². The van der Waals surface area contributed by atoms with Crippen LogP contribution in [-0.4, -0.2) is 26.7 Å². The number of nitrogens with zero attached hydrogens (tertiary/aromatic N) is 3. The number of rotatable bonds is 4. The zero-order valence-corrected chi connectivity index (χ0v) is 15.0. The van der Waals surface area contributed by atoms with Gasteiger partial charge in [0.2, 0.25) is 5.91 Å². The summed E-state index contributed by atoms with van der Waals surface area (Å²) < 4.78 is 1.67. The quantitative estimate of drug-likeness (QED) is 0.874. The molecule has 0 radical (unpaired) electrons. The maximum atomic E-state index is 12.0. The summed E-state index contributed by atoms with van der Waals surface area (Å²) in [6.07, 6.45) is 5.21. The molecule has 2 aromatic rings. The molecule has 2 aromatic heterocycles. The number of aromatic nitrogens is 3. The first-order chi connectivity index (χ1) is 9.88. The minimum atomic E-state index is -0.537. The number of carbonyl (C=O) groups excluding carboxylic acids is 1. The number of nitrogens with two attached hydrogens (primary N) is 1. The highest BCUT2D eigenvalue weighted by atomic mass is 35.5. The topological polar surface area (TPSA) is 85.8 Å². The van der Waals surface area contributed by atoms with Gasteiger partial charge in [-0.15, -0.1) is 24.8 Å². The van der Waals surface area contributed by atoms with E-state index in [2.05, 4.69) is 15.4 Å². The summed E-state index contributed by atoms with van der Waals surface area (Å²) in [6.45, 7) is 6.25. The molecule has 3 N–H and O–H groups in total. The maximum absolute atomic E-state index is 12.0. The molecule has 0 aliphatic carbocycles. The Kier molecular flexibility index (Phi) is 8.23. The third kappa shape index (κ3) is 5.82. The van der Waals surface area contributed by atoms with Crippen molar-refractivity contribution in [2.45, 2.75) is 33.4 Å². The van der Waals surface area contributed by atoms with Crippen LogP contribution in [0, 0.1) is 5.41 Å². The van der Waals surface area contributed by atoms with E-state index in [1.54, 1.807) is 17.1 Å². The monoisotopic (exact) mass is 359 g/mol. The highest BCUT2D eigenvalue weighted by Gasteiger charge is 2.27. The van der Waals surface area contributed by atoms with Crippen LogP contribution < -0.4 is 11.1 Å². The fourth-order valence-corrected chi connectivity index (χ4v) is 1.79. The predicted molar refractivity (Wildman–Crippen MR) is 95.1 cm³/mol. The van der Waals surface area contributed by atoms with Gasteiger partial charge in [-0.05, 0) is 29.2 Å². The van der Waals surface area contributed by atoms with Crippen molar-refractivity contribution in [3.05, 3.63) is 42.4 Å². The Hall–Kier alpha value is -1.63. The molecular formula is C15H23Cl2N5O. The van der Waals surface area contributed by atoms with Crippen LogP contribution in [0.3, 0.4) is 0 Å². The largest absolute Gasteiger partial charge is 0.351 e. The van der Waals surface area contributed by atoms with Crippen LogP contribution in [0.1, 0.15) is 26.3 Å². The normalized spacial score (nSPS) is 11.8. The Morgan fingerprint density at radius 3 is 2.61 bits per heavy atom. The van der Waals surface area contributed by atoms with Gasteiger partial charge < -0.3 is 11.1 Å². The lowest BCUT2D eigenvalue weighted by molar-refractivity contribution is -0.124. The number of hydrogen-bond acceptors (Lipinski definition) is 4. The lowest BCUT2D eigenvalue weighted by atomic mass is 9.87.